The van der Waals surface area contributed by atoms with Crippen LogP contribution >= 0.6 is 0 Å². The average molecular weight is 250 g/mol. The van der Waals surface area contributed by atoms with Crippen LogP contribution in [0.15, 0.2) is 18.2 Å². The van der Waals surface area contributed by atoms with Crippen LogP contribution in [0.2, 0.25) is 0 Å². The molecule has 18 heavy (non-hydrogen) atoms. The first-order valence-corrected chi connectivity index (χ1v) is 5.86. The molecule has 0 saturated carbocycles. The van der Waals surface area contributed by atoms with Crippen molar-refractivity contribution in [3.63, 3.8) is 0 Å². The number of anilines is 2. The first kappa shape index (κ1) is 12.7. The van der Waals surface area contributed by atoms with Gasteiger partial charge in [-0.1, -0.05) is 6.07 Å². The largest absolute Gasteiger partial charge is 0.399 e. The Balaban J connectivity index is 2.07. The van der Waals surface area contributed by atoms with Crippen LogP contribution in [0.1, 0.15) is 12.0 Å². The summed E-state index contributed by atoms with van der Waals surface area (Å²) in [5.74, 6) is -0.129. The summed E-state index contributed by atoms with van der Waals surface area (Å²) in [6.45, 7) is 0.482. The van der Waals surface area contributed by atoms with E-state index in [2.05, 4.69) is 0 Å². The third-order valence-electron chi connectivity index (χ3n) is 3.25. The van der Waals surface area contributed by atoms with Gasteiger partial charge in [0.05, 0.1) is 12.5 Å². The molecule has 1 amide bonds. The summed E-state index contributed by atoms with van der Waals surface area (Å²) in [7, 11) is 0. The number of aliphatic hydroxyl groups excluding tert-OH is 1. The van der Waals surface area contributed by atoms with E-state index < -0.39 is 12.3 Å². The number of benzene rings is 1. The van der Waals surface area contributed by atoms with Gasteiger partial charge in [-0.25, -0.2) is 0 Å². The monoisotopic (exact) mass is 250 g/mol. The van der Waals surface area contributed by atoms with Gasteiger partial charge in [0.1, 0.15) is 6.17 Å². The smallest absolute Gasteiger partial charge is 0.228 e. The molecule has 1 heterocycles. The van der Waals surface area contributed by atoms with Gasteiger partial charge in [-0.3, -0.25) is 4.79 Å². The van der Waals surface area contributed by atoms with Gasteiger partial charge in [-0.05, 0) is 24.1 Å². The van der Waals surface area contributed by atoms with Crippen LogP contribution in [0.5, 0.6) is 0 Å². The Morgan fingerprint density at radius 3 is 2.72 bits per heavy atom. The Hall–Kier alpha value is -1.79. The van der Waals surface area contributed by atoms with Gasteiger partial charge in [0.2, 0.25) is 5.91 Å². The molecule has 1 fully saturated rings. The molecule has 0 aromatic heterocycles. The van der Waals surface area contributed by atoms with E-state index in [4.69, 9.17) is 17.2 Å². The Bertz CT molecular complexity index is 463. The standard InChI is InChI=1S/C12H18N4O2/c13-8-2-1-7(9(14)6-8)5-11(18)16-4-3-10(17)12(16)15/h1-2,6,10,12,17H,3-5,13-15H2. The zero-order chi connectivity index (χ0) is 13.3. The minimum absolute atomic E-state index is 0.129. The van der Waals surface area contributed by atoms with Crippen LogP contribution < -0.4 is 17.2 Å². The van der Waals surface area contributed by atoms with Gasteiger partial charge in [0, 0.05) is 17.9 Å². The molecule has 1 aliphatic rings. The van der Waals surface area contributed by atoms with Gasteiger partial charge in [-0.2, -0.15) is 0 Å². The van der Waals surface area contributed by atoms with Crippen molar-refractivity contribution in [1.29, 1.82) is 0 Å². The highest BCUT2D eigenvalue weighted by Gasteiger charge is 2.32. The van der Waals surface area contributed by atoms with Crippen LogP contribution in [-0.4, -0.2) is 34.7 Å². The van der Waals surface area contributed by atoms with Crippen molar-refractivity contribution in [2.75, 3.05) is 18.0 Å². The van der Waals surface area contributed by atoms with Gasteiger partial charge in [0.15, 0.2) is 0 Å². The molecule has 98 valence electrons. The second-order valence-corrected chi connectivity index (χ2v) is 4.57. The highest BCUT2D eigenvalue weighted by Crippen LogP contribution is 2.20. The fourth-order valence-corrected chi connectivity index (χ4v) is 2.13. The van der Waals surface area contributed by atoms with Crippen LogP contribution in [-0.2, 0) is 11.2 Å². The summed E-state index contributed by atoms with van der Waals surface area (Å²) in [5, 5.41) is 9.51. The summed E-state index contributed by atoms with van der Waals surface area (Å²) < 4.78 is 0. The number of hydrogen-bond acceptors (Lipinski definition) is 5. The third kappa shape index (κ3) is 2.39. The highest BCUT2D eigenvalue weighted by atomic mass is 16.3. The van der Waals surface area contributed by atoms with E-state index in [1.807, 2.05) is 0 Å². The maximum absolute atomic E-state index is 12.1. The third-order valence-corrected chi connectivity index (χ3v) is 3.25. The van der Waals surface area contributed by atoms with E-state index in [-0.39, 0.29) is 12.3 Å². The highest BCUT2D eigenvalue weighted by molar-refractivity contribution is 5.81. The predicted octanol–water partition coefficient (Wildman–Crippen LogP) is -0.728. The first-order valence-electron chi connectivity index (χ1n) is 5.86. The maximum atomic E-state index is 12.1. The molecule has 0 radical (unpaired) electrons. The number of carbonyl (C=O) groups is 1. The number of carbonyl (C=O) groups excluding carboxylic acids is 1. The number of aliphatic hydroxyl groups is 1. The van der Waals surface area contributed by atoms with Crippen LogP contribution in [0.25, 0.3) is 0 Å². The summed E-state index contributed by atoms with van der Waals surface area (Å²) >= 11 is 0. The first-order chi connectivity index (χ1) is 8.49. The molecule has 2 unspecified atom stereocenters. The average Bonchev–Trinajstić information content (AvgIpc) is 2.64. The lowest BCUT2D eigenvalue weighted by Gasteiger charge is -2.22. The second kappa shape index (κ2) is 4.83. The maximum Gasteiger partial charge on any atom is 0.228 e. The lowest BCUT2D eigenvalue weighted by atomic mass is 10.1. The Morgan fingerprint density at radius 2 is 2.17 bits per heavy atom. The number of hydrogen-bond donors (Lipinski definition) is 4. The number of amides is 1. The van der Waals surface area contributed by atoms with Gasteiger partial charge >= 0.3 is 0 Å². The van der Waals surface area contributed by atoms with E-state index in [1.54, 1.807) is 18.2 Å². The summed E-state index contributed by atoms with van der Waals surface area (Å²) in [6, 6.07) is 5.07. The molecule has 7 N–H and O–H groups in total. The van der Waals surface area contributed by atoms with Crippen molar-refractivity contribution >= 4 is 17.3 Å². The van der Waals surface area contributed by atoms with Crippen molar-refractivity contribution in [3.8, 4) is 0 Å². The summed E-state index contributed by atoms with van der Waals surface area (Å²) in [6.07, 6.45) is -0.568. The fraction of sp³-hybridized carbons (Fsp3) is 0.417. The van der Waals surface area contributed by atoms with E-state index >= 15 is 0 Å². The van der Waals surface area contributed by atoms with Gasteiger partial charge in [0.25, 0.3) is 0 Å². The van der Waals surface area contributed by atoms with E-state index in [0.29, 0.717) is 24.3 Å². The van der Waals surface area contributed by atoms with Crippen molar-refractivity contribution in [3.05, 3.63) is 23.8 Å². The molecule has 6 nitrogen and oxygen atoms in total. The lowest BCUT2D eigenvalue weighted by molar-refractivity contribution is -0.132. The normalized spacial score (nSPS) is 23.3. The Kier molecular flexibility index (Phi) is 3.40. The second-order valence-electron chi connectivity index (χ2n) is 4.57. The van der Waals surface area contributed by atoms with Crippen molar-refractivity contribution in [2.45, 2.75) is 25.1 Å². The molecule has 1 saturated heterocycles. The quantitative estimate of drug-likeness (QED) is 0.516. The van der Waals surface area contributed by atoms with Gasteiger partial charge < -0.3 is 27.2 Å². The fourth-order valence-electron chi connectivity index (χ4n) is 2.13. The zero-order valence-corrected chi connectivity index (χ0v) is 10.0. The topological polar surface area (TPSA) is 119 Å². The van der Waals surface area contributed by atoms with Crippen LogP contribution in [0.3, 0.4) is 0 Å². The molecule has 0 spiro atoms. The Labute approximate surface area is 105 Å². The molecule has 2 rings (SSSR count). The minimum atomic E-state index is -0.641. The molecule has 2 atom stereocenters. The number of rotatable bonds is 2. The summed E-state index contributed by atoms with van der Waals surface area (Å²) in [5.41, 5.74) is 18.9. The van der Waals surface area contributed by atoms with Crippen molar-refractivity contribution in [1.82, 2.24) is 4.90 Å². The van der Waals surface area contributed by atoms with E-state index in [1.165, 1.54) is 4.90 Å². The number of nitrogen functional groups attached to an aromatic ring is 2. The van der Waals surface area contributed by atoms with Crippen molar-refractivity contribution in [2.24, 2.45) is 5.73 Å². The molecule has 1 aliphatic heterocycles. The Morgan fingerprint density at radius 1 is 1.44 bits per heavy atom. The molecule has 0 bridgehead atoms. The minimum Gasteiger partial charge on any atom is -0.399 e. The van der Waals surface area contributed by atoms with E-state index in [0.717, 1.165) is 5.56 Å². The number of nitrogens with zero attached hydrogens (tertiary/aromatic N) is 1. The SMILES string of the molecule is Nc1ccc(CC(=O)N2CCC(O)C2N)c(N)c1. The van der Waals surface area contributed by atoms with Crippen LogP contribution in [0, 0.1) is 0 Å². The van der Waals surface area contributed by atoms with Crippen molar-refractivity contribution < 1.29 is 9.90 Å². The molecule has 1 aromatic rings. The predicted molar refractivity (Wildman–Crippen MR) is 69.3 cm³/mol. The number of nitrogens with two attached hydrogens (primary N) is 3. The molecule has 6 heteroatoms. The lowest BCUT2D eigenvalue weighted by Crippen LogP contribution is -2.46. The van der Waals surface area contributed by atoms with Crippen LogP contribution in [0.4, 0.5) is 11.4 Å². The zero-order valence-electron chi connectivity index (χ0n) is 10.0. The molecular formula is C12H18N4O2. The van der Waals surface area contributed by atoms with Gasteiger partial charge in [-0.15, -0.1) is 0 Å². The summed E-state index contributed by atoms with van der Waals surface area (Å²) in [4.78, 5) is 13.5. The molecular weight excluding hydrogens is 232 g/mol. The van der Waals surface area contributed by atoms with E-state index in [9.17, 15) is 9.90 Å². The number of likely N-dealkylation sites (tertiary alicyclic amines) is 1. The molecule has 0 aliphatic carbocycles. The molecule has 1 aromatic carbocycles.